The number of pyridine rings is 1. The molecule has 0 unspecified atom stereocenters. The van der Waals surface area contributed by atoms with Crippen LogP contribution in [0.2, 0.25) is 0 Å². The Bertz CT molecular complexity index is 1120. The quantitative estimate of drug-likeness (QED) is 0.488. The van der Waals surface area contributed by atoms with Gasteiger partial charge in [0.05, 0.1) is 6.61 Å². The molecule has 0 atom stereocenters. The van der Waals surface area contributed by atoms with Gasteiger partial charge < -0.3 is 9.26 Å². The molecule has 6 heteroatoms. The van der Waals surface area contributed by atoms with Gasteiger partial charge in [0.1, 0.15) is 5.82 Å². The van der Waals surface area contributed by atoms with Crippen LogP contribution in [0.4, 0.5) is 4.39 Å². The van der Waals surface area contributed by atoms with Gasteiger partial charge in [0.15, 0.2) is 0 Å². The number of nitrogens with zero attached hydrogens (tertiary/aromatic N) is 3. The molecule has 4 rings (SSSR count). The molecule has 140 valence electrons. The molecule has 5 nitrogen and oxygen atoms in total. The molecule has 0 fully saturated rings. The number of hydrogen-bond donors (Lipinski definition) is 0. The SMILES string of the molecule is COCc1cc(-c2nc(-c3cncc(C)c3)no2)ccc1-c1ccccc1F. The van der Waals surface area contributed by atoms with E-state index >= 15 is 0 Å². The largest absolute Gasteiger partial charge is 0.380 e. The maximum atomic E-state index is 14.3. The van der Waals surface area contributed by atoms with Crippen molar-refractivity contribution >= 4 is 0 Å². The third kappa shape index (κ3) is 3.54. The molecular formula is C22H18FN3O2. The summed E-state index contributed by atoms with van der Waals surface area (Å²) in [6, 6.07) is 14.2. The van der Waals surface area contributed by atoms with Crippen LogP contribution in [0.15, 0.2) is 65.4 Å². The smallest absolute Gasteiger partial charge is 0.258 e. The van der Waals surface area contributed by atoms with Crippen molar-refractivity contribution in [2.75, 3.05) is 7.11 Å². The number of hydrogen-bond acceptors (Lipinski definition) is 5. The Morgan fingerprint density at radius 3 is 2.64 bits per heavy atom. The van der Waals surface area contributed by atoms with E-state index in [0.29, 0.717) is 23.9 Å². The zero-order valence-electron chi connectivity index (χ0n) is 15.5. The molecule has 0 amide bonds. The van der Waals surface area contributed by atoms with Crippen molar-refractivity contribution in [2.24, 2.45) is 0 Å². The fourth-order valence-corrected chi connectivity index (χ4v) is 3.08. The Kier molecular flexibility index (Phi) is 4.95. The van der Waals surface area contributed by atoms with Crippen LogP contribution in [0.25, 0.3) is 34.0 Å². The van der Waals surface area contributed by atoms with Crippen LogP contribution in [0, 0.1) is 12.7 Å². The molecule has 4 aromatic rings. The van der Waals surface area contributed by atoms with E-state index in [1.54, 1.807) is 31.6 Å². The molecule has 0 saturated heterocycles. The van der Waals surface area contributed by atoms with Gasteiger partial charge in [0, 0.05) is 36.2 Å². The number of methoxy groups -OCH3 is 1. The van der Waals surface area contributed by atoms with Gasteiger partial charge in [-0.15, -0.1) is 0 Å². The average molecular weight is 375 g/mol. The van der Waals surface area contributed by atoms with Crippen molar-refractivity contribution in [1.29, 1.82) is 0 Å². The molecule has 0 aliphatic heterocycles. The highest BCUT2D eigenvalue weighted by Gasteiger charge is 2.15. The minimum absolute atomic E-state index is 0.278. The number of benzene rings is 2. The van der Waals surface area contributed by atoms with E-state index in [2.05, 4.69) is 15.1 Å². The van der Waals surface area contributed by atoms with Crippen LogP contribution in [0.5, 0.6) is 0 Å². The lowest BCUT2D eigenvalue weighted by Crippen LogP contribution is -1.95. The summed E-state index contributed by atoms with van der Waals surface area (Å²) in [6.45, 7) is 2.29. The van der Waals surface area contributed by atoms with Crippen LogP contribution in [0.3, 0.4) is 0 Å². The summed E-state index contributed by atoms with van der Waals surface area (Å²) in [7, 11) is 1.60. The summed E-state index contributed by atoms with van der Waals surface area (Å²) in [6.07, 6.45) is 3.46. The molecule has 0 aliphatic carbocycles. The standard InChI is InChI=1S/C22H18FN3O2/c1-14-9-16(12-24-11-14)21-25-22(28-26-21)15-7-8-18(17(10-15)13-27-2)19-5-3-4-6-20(19)23/h3-12H,13H2,1-2H3. The van der Waals surface area contributed by atoms with Gasteiger partial charge in [-0.25, -0.2) is 4.39 Å². The minimum Gasteiger partial charge on any atom is -0.380 e. The first-order valence-corrected chi connectivity index (χ1v) is 8.78. The van der Waals surface area contributed by atoms with Crippen LogP contribution in [-0.2, 0) is 11.3 Å². The second kappa shape index (κ2) is 7.70. The van der Waals surface area contributed by atoms with Crippen molar-refractivity contribution in [3.8, 4) is 34.0 Å². The zero-order chi connectivity index (χ0) is 19.5. The molecule has 2 aromatic carbocycles. The Balaban J connectivity index is 1.73. The predicted molar refractivity (Wildman–Crippen MR) is 104 cm³/mol. The van der Waals surface area contributed by atoms with Crippen LogP contribution in [-0.4, -0.2) is 22.2 Å². The second-order valence-electron chi connectivity index (χ2n) is 6.46. The topological polar surface area (TPSA) is 61.0 Å². The summed E-state index contributed by atoms with van der Waals surface area (Å²) in [5.41, 5.74) is 4.67. The third-order valence-electron chi connectivity index (χ3n) is 4.38. The van der Waals surface area contributed by atoms with Gasteiger partial charge in [0.2, 0.25) is 5.82 Å². The number of aryl methyl sites for hydroxylation is 1. The summed E-state index contributed by atoms with van der Waals surface area (Å²) < 4.78 is 25.0. The molecule has 2 aromatic heterocycles. The monoisotopic (exact) mass is 375 g/mol. The molecule has 0 radical (unpaired) electrons. The van der Waals surface area contributed by atoms with Gasteiger partial charge >= 0.3 is 0 Å². The van der Waals surface area contributed by atoms with Gasteiger partial charge in [-0.2, -0.15) is 4.98 Å². The molecule has 0 bridgehead atoms. The number of ether oxygens (including phenoxy) is 1. The predicted octanol–water partition coefficient (Wildman–Crippen LogP) is 5.06. The summed E-state index contributed by atoms with van der Waals surface area (Å²) in [5.74, 6) is 0.575. The summed E-state index contributed by atoms with van der Waals surface area (Å²) in [4.78, 5) is 8.64. The van der Waals surface area contributed by atoms with Gasteiger partial charge in [-0.1, -0.05) is 29.4 Å². The first kappa shape index (κ1) is 18.0. The molecular weight excluding hydrogens is 357 g/mol. The van der Waals surface area contributed by atoms with Gasteiger partial charge in [-0.3, -0.25) is 4.98 Å². The molecule has 2 heterocycles. The Morgan fingerprint density at radius 2 is 1.86 bits per heavy atom. The third-order valence-corrected chi connectivity index (χ3v) is 4.38. The van der Waals surface area contributed by atoms with E-state index in [4.69, 9.17) is 9.26 Å². The van der Waals surface area contributed by atoms with Crippen LogP contribution in [0.1, 0.15) is 11.1 Å². The summed E-state index contributed by atoms with van der Waals surface area (Å²) in [5, 5.41) is 4.06. The highest BCUT2D eigenvalue weighted by Crippen LogP contribution is 2.31. The van der Waals surface area contributed by atoms with E-state index in [-0.39, 0.29) is 5.82 Å². The maximum Gasteiger partial charge on any atom is 0.258 e. The van der Waals surface area contributed by atoms with Gasteiger partial charge in [-0.05, 0) is 47.9 Å². The lowest BCUT2D eigenvalue weighted by molar-refractivity contribution is 0.185. The average Bonchev–Trinajstić information content (AvgIpc) is 3.19. The van der Waals surface area contributed by atoms with Crippen molar-refractivity contribution in [3.05, 3.63) is 77.9 Å². The molecule has 0 spiro atoms. The minimum atomic E-state index is -0.278. The van der Waals surface area contributed by atoms with E-state index in [9.17, 15) is 4.39 Å². The van der Waals surface area contributed by atoms with E-state index < -0.39 is 0 Å². The molecule has 0 saturated carbocycles. The van der Waals surface area contributed by atoms with E-state index in [1.807, 2.05) is 37.3 Å². The first-order chi connectivity index (χ1) is 13.7. The highest BCUT2D eigenvalue weighted by atomic mass is 19.1. The lowest BCUT2D eigenvalue weighted by Gasteiger charge is -2.11. The summed E-state index contributed by atoms with van der Waals surface area (Å²) >= 11 is 0. The highest BCUT2D eigenvalue weighted by molar-refractivity contribution is 5.72. The molecule has 0 N–H and O–H groups in total. The Hall–Kier alpha value is -3.38. The fourth-order valence-electron chi connectivity index (χ4n) is 3.08. The molecule has 0 aliphatic rings. The van der Waals surface area contributed by atoms with Crippen LogP contribution >= 0.6 is 0 Å². The number of aromatic nitrogens is 3. The fraction of sp³-hybridized carbons (Fsp3) is 0.136. The normalized spacial score (nSPS) is 11.0. The maximum absolute atomic E-state index is 14.3. The van der Waals surface area contributed by atoms with Crippen molar-refractivity contribution in [1.82, 2.24) is 15.1 Å². The van der Waals surface area contributed by atoms with Crippen molar-refractivity contribution in [3.63, 3.8) is 0 Å². The lowest BCUT2D eigenvalue weighted by atomic mass is 9.97. The van der Waals surface area contributed by atoms with Crippen molar-refractivity contribution in [2.45, 2.75) is 13.5 Å². The second-order valence-corrected chi connectivity index (χ2v) is 6.46. The van der Waals surface area contributed by atoms with Crippen molar-refractivity contribution < 1.29 is 13.7 Å². The Morgan fingerprint density at radius 1 is 1.00 bits per heavy atom. The van der Waals surface area contributed by atoms with Crippen LogP contribution < -0.4 is 0 Å². The molecule has 28 heavy (non-hydrogen) atoms. The zero-order valence-corrected chi connectivity index (χ0v) is 15.5. The first-order valence-electron chi connectivity index (χ1n) is 8.78. The van der Waals surface area contributed by atoms with E-state index in [1.165, 1.54) is 6.07 Å². The number of halogens is 1. The number of rotatable bonds is 5. The van der Waals surface area contributed by atoms with Gasteiger partial charge in [0.25, 0.3) is 5.89 Å². The Labute approximate surface area is 161 Å². The van der Waals surface area contributed by atoms with E-state index in [0.717, 1.165) is 27.8 Å².